The Morgan fingerprint density at radius 1 is 1.09 bits per heavy atom. The lowest BCUT2D eigenvalue weighted by Crippen LogP contribution is -2.62. The van der Waals surface area contributed by atoms with Crippen LogP contribution in [0.25, 0.3) is 5.69 Å². The smallest absolute Gasteiger partial charge is 0.151 e. The minimum absolute atomic E-state index is 0.294. The second kappa shape index (κ2) is 7.25. The molecule has 0 bridgehead atoms. The van der Waals surface area contributed by atoms with E-state index in [-0.39, 0.29) is 5.82 Å². The lowest BCUT2D eigenvalue weighted by molar-refractivity contribution is 0.0581. The van der Waals surface area contributed by atoms with Crippen molar-refractivity contribution in [2.24, 2.45) is 5.41 Å². The standard InChI is InChI=1S/C24H26ClFN6/c1-15(2)30-11-16-7-18(25)3-5-20(16)32-22(12-30)28-29-23(32)17-8-24(9-17)13-31(14-24)21-6-4-19(26)10-27-21/h3-7,10,15,17H,8-9,11-14H2,1-2H3. The molecule has 166 valence electrons. The summed E-state index contributed by atoms with van der Waals surface area (Å²) >= 11 is 6.35. The molecule has 1 aliphatic carbocycles. The summed E-state index contributed by atoms with van der Waals surface area (Å²) in [4.78, 5) is 8.87. The lowest BCUT2D eigenvalue weighted by atomic mass is 9.57. The van der Waals surface area contributed by atoms with Crippen LogP contribution < -0.4 is 4.90 Å². The summed E-state index contributed by atoms with van der Waals surface area (Å²) < 4.78 is 15.4. The van der Waals surface area contributed by atoms with Crippen molar-refractivity contribution in [1.29, 1.82) is 0 Å². The number of aromatic nitrogens is 4. The molecule has 3 aromatic rings. The molecule has 2 aromatic heterocycles. The number of benzene rings is 1. The maximum absolute atomic E-state index is 13.2. The molecule has 4 heterocycles. The number of hydrogen-bond donors (Lipinski definition) is 0. The van der Waals surface area contributed by atoms with Gasteiger partial charge in [-0.15, -0.1) is 10.2 Å². The van der Waals surface area contributed by atoms with Gasteiger partial charge in [0, 0.05) is 42.0 Å². The quantitative estimate of drug-likeness (QED) is 0.583. The molecule has 8 heteroatoms. The Balaban J connectivity index is 1.24. The van der Waals surface area contributed by atoms with E-state index < -0.39 is 0 Å². The molecule has 1 saturated heterocycles. The highest BCUT2D eigenvalue weighted by Crippen LogP contribution is 2.56. The van der Waals surface area contributed by atoms with Gasteiger partial charge in [0.25, 0.3) is 0 Å². The molecule has 6 rings (SSSR count). The third kappa shape index (κ3) is 3.21. The van der Waals surface area contributed by atoms with Gasteiger partial charge in [-0.05, 0) is 62.6 Å². The molecule has 32 heavy (non-hydrogen) atoms. The summed E-state index contributed by atoms with van der Waals surface area (Å²) in [6.45, 7) is 7.99. The van der Waals surface area contributed by atoms with Crippen LogP contribution in [0.5, 0.6) is 0 Å². The van der Waals surface area contributed by atoms with Crippen LogP contribution in [0.4, 0.5) is 10.2 Å². The van der Waals surface area contributed by atoms with E-state index in [2.05, 4.69) is 55.5 Å². The van der Waals surface area contributed by atoms with E-state index in [0.29, 0.717) is 17.4 Å². The Kier molecular flexibility index (Phi) is 4.56. The highest BCUT2D eigenvalue weighted by Gasteiger charge is 2.54. The summed E-state index contributed by atoms with van der Waals surface area (Å²) in [5, 5.41) is 10.1. The molecule has 0 unspecified atom stereocenters. The number of rotatable bonds is 3. The van der Waals surface area contributed by atoms with Gasteiger partial charge >= 0.3 is 0 Å². The average molecular weight is 453 g/mol. The first kappa shape index (κ1) is 20.1. The van der Waals surface area contributed by atoms with Gasteiger partial charge in [-0.2, -0.15) is 0 Å². The zero-order valence-electron chi connectivity index (χ0n) is 18.3. The largest absolute Gasteiger partial charge is 0.355 e. The monoisotopic (exact) mass is 452 g/mol. The average Bonchev–Trinajstić information content (AvgIpc) is 3.02. The third-order valence-corrected chi connectivity index (χ3v) is 7.53. The Hall–Kier alpha value is -2.51. The van der Waals surface area contributed by atoms with Crippen LogP contribution in [0.3, 0.4) is 0 Å². The molecule has 1 aromatic carbocycles. The molecule has 0 radical (unpaired) electrons. The maximum atomic E-state index is 13.2. The fourth-order valence-electron chi connectivity index (χ4n) is 5.59. The van der Waals surface area contributed by atoms with Crippen molar-refractivity contribution in [3.63, 3.8) is 0 Å². The summed E-state index contributed by atoms with van der Waals surface area (Å²) in [7, 11) is 0. The van der Waals surface area contributed by atoms with E-state index in [9.17, 15) is 4.39 Å². The van der Waals surface area contributed by atoms with Crippen molar-refractivity contribution in [3.8, 4) is 5.69 Å². The molecular formula is C24H26ClFN6. The fourth-order valence-corrected chi connectivity index (χ4v) is 5.78. The maximum Gasteiger partial charge on any atom is 0.151 e. The van der Waals surface area contributed by atoms with Gasteiger partial charge in [0.2, 0.25) is 0 Å². The van der Waals surface area contributed by atoms with E-state index in [1.165, 1.54) is 17.8 Å². The van der Waals surface area contributed by atoms with Gasteiger partial charge < -0.3 is 4.90 Å². The SMILES string of the molecule is CC(C)N1Cc2cc(Cl)ccc2-n2c(nnc2C2CC3(C2)CN(c2ccc(F)cn2)C3)C1. The van der Waals surface area contributed by atoms with E-state index >= 15 is 0 Å². The van der Waals surface area contributed by atoms with Crippen LogP contribution in [0.15, 0.2) is 36.5 Å². The molecule has 0 amide bonds. The van der Waals surface area contributed by atoms with Crippen LogP contribution in [-0.4, -0.2) is 43.8 Å². The number of halogens is 2. The number of fused-ring (bicyclic) bond motifs is 3. The van der Waals surface area contributed by atoms with Crippen molar-refractivity contribution in [2.45, 2.75) is 51.7 Å². The predicted octanol–water partition coefficient (Wildman–Crippen LogP) is 4.56. The summed E-state index contributed by atoms with van der Waals surface area (Å²) in [5.74, 6) is 3.03. The second-order valence-electron chi connectivity index (χ2n) is 9.88. The topological polar surface area (TPSA) is 50.1 Å². The lowest BCUT2D eigenvalue weighted by Gasteiger charge is -2.59. The Morgan fingerprint density at radius 2 is 1.91 bits per heavy atom. The molecule has 0 N–H and O–H groups in total. The van der Waals surface area contributed by atoms with Crippen LogP contribution in [-0.2, 0) is 13.1 Å². The first-order valence-electron chi connectivity index (χ1n) is 11.2. The minimum Gasteiger partial charge on any atom is -0.355 e. The van der Waals surface area contributed by atoms with Gasteiger partial charge in [-0.25, -0.2) is 9.37 Å². The first-order valence-corrected chi connectivity index (χ1v) is 11.6. The molecular weight excluding hydrogens is 427 g/mol. The van der Waals surface area contributed by atoms with Gasteiger partial charge in [-0.3, -0.25) is 9.47 Å². The van der Waals surface area contributed by atoms with Crippen LogP contribution in [0, 0.1) is 11.2 Å². The Labute approximate surface area is 192 Å². The molecule has 3 aliphatic rings. The highest BCUT2D eigenvalue weighted by molar-refractivity contribution is 6.30. The number of hydrogen-bond acceptors (Lipinski definition) is 5. The van der Waals surface area contributed by atoms with Gasteiger partial charge in [0.05, 0.1) is 18.4 Å². The van der Waals surface area contributed by atoms with E-state index in [1.54, 1.807) is 6.07 Å². The summed E-state index contributed by atoms with van der Waals surface area (Å²) in [6.07, 6.45) is 3.48. The highest BCUT2D eigenvalue weighted by atomic mass is 35.5. The Bertz CT molecular complexity index is 1160. The zero-order valence-corrected chi connectivity index (χ0v) is 19.1. The van der Waals surface area contributed by atoms with E-state index in [1.807, 2.05) is 6.07 Å². The molecule has 1 saturated carbocycles. The third-order valence-electron chi connectivity index (χ3n) is 7.30. The summed E-state index contributed by atoms with van der Waals surface area (Å²) in [5.41, 5.74) is 2.68. The van der Waals surface area contributed by atoms with Gasteiger partial charge in [-0.1, -0.05) is 11.6 Å². The second-order valence-corrected chi connectivity index (χ2v) is 10.3. The molecule has 2 fully saturated rings. The molecule has 2 aliphatic heterocycles. The van der Waals surface area contributed by atoms with Crippen molar-refractivity contribution in [2.75, 3.05) is 18.0 Å². The van der Waals surface area contributed by atoms with Crippen LogP contribution in [0.2, 0.25) is 5.02 Å². The summed E-state index contributed by atoms with van der Waals surface area (Å²) in [6, 6.07) is 9.79. The van der Waals surface area contributed by atoms with E-state index in [0.717, 1.165) is 67.2 Å². The predicted molar refractivity (Wildman–Crippen MR) is 122 cm³/mol. The van der Waals surface area contributed by atoms with Gasteiger partial charge in [0.1, 0.15) is 17.5 Å². The van der Waals surface area contributed by atoms with Gasteiger partial charge in [0.15, 0.2) is 5.82 Å². The normalized spacial score (nSPS) is 20.0. The first-order chi connectivity index (χ1) is 15.4. The van der Waals surface area contributed by atoms with Crippen molar-refractivity contribution < 1.29 is 4.39 Å². The number of anilines is 1. The van der Waals surface area contributed by atoms with Crippen molar-refractivity contribution >= 4 is 17.4 Å². The molecule has 1 spiro atoms. The van der Waals surface area contributed by atoms with Crippen molar-refractivity contribution in [1.82, 2.24) is 24.6 Å². The fraction of sp³-hybridized carbons (Fsp3) is 0.458. The van der Waals surface area contributed by atoms with Crippen molar-refractivity contribution in [3.05, 3.63) is 64.6 Å². The molecule has 0 atom stereocenters. The zero-order chi connectivity index (χ0) is 22.0. The number of nitrogens with zero attached hydrogens (tertiary/aromatic N) is 6. The van der Waals surface area contributed by atoms with Crippen LogP contribution in [0.1, 0.15) is 49.8 Å². The Morgan fingerprint density at radius 3 is 2.62 bits per heavy atom. The van der Waals surface area contributed by atoms with E-state index in [4.69, 9.17) is 11.6 Å². The van der Waals surface area contributed by atoms with Crippen LogP contribution >= 0.6 is 11.6 Å². The minimum atomic E-state index is -0.294. The molecule has 6 nitrogen and oxygen atoms in total. The number of pyridine rings is 1.